The van der Waals surface area contributed by atoms with Gasteiger partial charge in [0.15, 0.2) is 0 Å². The molecule has 0 radical (unpaired) electrons. The van der Waals surface area contributed by atoms with Crippen LogP contribution in [-0.2, 0) is 22.6 Å². The van der Waals surface area contributed by atoms with Gasteiger partial charge in [-0.05, 0) is 42.7 Å². The van der Waals surface area contributed by atoms with Crippen molar-refractivity contribution in [3.63, 3.8) is 0 Å². The summed E-state index contributed by atoms with van der Waals surface area (Å²) in [6.45, 7) is 2.45. The SMILES string of the molecule is CCOC(=O)CCc1ccccc1OCc1ccc([N+](=O)[O-])cc1. The first-order valence-electron chi connectivity index (χ1n) is 7.69. The Labute approximate surface area is 140 Å². The topological polar surface area (TPSA) is 78.7 Å². The van der Waals surface area contributed by atoms with E-state index in [1.165, 1.54) is 12.1 Å². The van der Waals surface area contributed by atoms with Gasteiger partial charge in [-0.15, -0.1) is 0 Å². The quantitative estimate of drug-likeness (QED) is 0.419. The zero-order valence-corrected chi connectivity index (χ0v) is 13.4. The Hall–Kier alpha value is -2.89. The lowest BCUT2D eigenvalue weighted by atomic mass is 10.1. The van der Waals surface area contributed by atoms with Gasteiger partial charge in [0.2, 0.25) is 0 Å². The fraction of sp³-hybridized carbons (Fsp3) is 0.278. The highest BCUT2D eigenvalue weighted by Gasteiger charge is 2.08. The molecule has 0 saturated heterocycles. The van der Waals surface area contributed by atoms with E-state index in [1.54, 1.807) is 19.1 Å². The van der Waals surface area contributed by atoms with E-state index in [-0.39, 0.29) is 11.7 Å². The molecule has 0 heterocycles. The van der Waals surface area contributed by atoms with Gasteiger partial charge in [-0.1, -0.05) is 18.2 Å². The second-order valence-electron chi connectivity index (χ2n) is 5.12. The van der Waals surface area contributed by atoms with Gasteiger partial charge in [0.1, 0.15) is 12.4 Å². The number of benzene rings is 2. The van der Waals surface area contributed by atoms with Gasteiger partial charge in [-0.3, -0.25) is 14.9 Å². The number of esters is 1. The van der Waals surface area contributed by atoms with Crippen LogP contribution in [0.5, 0.6) is 5.75 Å². The molecule has 0 N–H and O–H groups in total. The number of hydrogen-bond acceptors (Lipinski definition) is 5. The van der Waals surface area contributed by atoms with Crippen molar-refractivity contribution in [3.8, 4) is 5.75 Å². The third kappa shape index (κ3) is 5.08. The Morgan fingerprint density at radius 2 is 1.83 bits per heavy atom. The predicted molar refractivity (Wildman–Crippen MR) is 88.8 cm³/mol. The summed E-state index contributed by atoms with van der Waals surface area (Å²) in [6, 6.07) is 13.7. The fourth-order valence-corrected chi connectivity index (χ4v) is 2.20. The van der Waals surface area contributed by atoms with Crippen molar-refractivity contribution in [1.82, 2.24) is 0 Å². The first kappa shape index (κ1) is 17.5. The zero-order valence-electron chi connectivity index (χ0n) is 13.4. The average molecular weight is 329 g/mol. The third-order valence-electron chi connectivity index (χ3n) is 3.42. The number of para-hydroxylation sites is 1. The molecule has 0 aromatic heterocycles. The van der Waals surface area contributed by atoms with E-state index in [1.807, 2.05) is 24.3 Å². The number of nitro benzene ring substituents is 1. The largest absolute Gasteiger partial charge is 0.489 e. The maximum absolute atomic E-state index is 11.5. The van der Waals surface area contributed by atoms with E-state index in [9.17, 15) is 14.9 Å². The van der Waals surface area contributed by atoms with Crippen LogP contribution in [0.1, 0.15) is 24.5 Å². The van der Waals surface area contributed by atoms with Gasteiger partial charge < -0.3 is 9.47 Å². The van der Waals surface area contributed by atoms with E-state index in [2.05, 4.69) is 0 Å². The summed E-state index contributed by atoms with van der Waals surface area (Å²) in [4.78, 5) is 21.7. The molecule has 6 nitrogen and oxygen atoms in total. The van der Waals surface area contributed by atoms with Gasteiger partial charge in [-0.25, -0.2) is 0 Å². The lowest BCUT2D eigenvalue weighted by Crippen LogP contribution is -2.06. The maximum atomic E-state index is 11.5. The number of carbonyl (C=O) groups is 1. The molecule has 0 unspecified atom stereocenters. The van der Waals surface area contributed by atoms with E-state index >= 15 is 0 Å². The lowest BCUT2D eigenvalue weighted by Gasteiger charge is -2.11. The second kappa shape index (κ2) is 8.67. The van der Waals surface area contributed by atoms with E-state index < -0.39 is 4.92 Å². The number of carbonyl (C=O) groups excluding carboxylic acids is 1. The Morgan fingerprint density at radius 1 is 1.12 bits per heavy atom. The highest BCUT2D eigenvalue weighted by atomic mass is 16.6. The minimum absolute atomic E-state index is 0.0496. The lowest BCUT2D eigenvalue weighted by molar-refractivity contribution is -0.384. The predicted octanol–water partition coefficient (Wildman–Crippen LogP) is 3.67. The molecule has 0 aliphatic heterocycles. The fourth-order valence-electron chi connectivity index (χ4n) is 2.20. The number of rotatable bonds is 8. The number of hydrogen-bond donors (Lipinski definition) is 0. The number of aryl methyl sites for hydroxylation is 1. The van der Waals surface area contributed by atoms with Crippen molar-refractivity contribution in [2.75, 3.05) is 6.61 Å². The number of ether oxygens (including phenoxy) is 2. The molecule has 2 aromatic carbocycles. The molecular weight excluding hydrogens is 310 g/mol. The second-order valence-corrected chi connectivity index (χ2v) is 5.12. The van der Waals surface area contributed by atoms with Crippen molar-refractivity contribution in [1.29, 1.82) is 0 Å². The Morgan fingerprint density at radius 3 is 2.50 bits per heavy atom. The minimum atomic E-state index is -0.435. The van der Waals surface area contributed by atoms with Crippen molar-refractivity contribution >= 4 is 11.7 Å². The van der Waals surface area contributed by atoms with Crippen LogP contribution >= 0.6 is 0 Å². The summed E-state index contributed by atoms with van der Waals surface area (Å²) in [7, 11) is 0. The number of nitrogens with zero attached hydrogens (tertiary/aromatic N) is 1. The molecule has 0 saturated carbocycles. The van der Waals surface area contributed by atoms with Crippen LogP contribution in [0.4, 0.5) is 5.69 Å². The summed E-state index contributed by atoms with van der Waals surface area (Å²) in [5.74, 6) is 0.461. The molecule has 0 amide bonds. The van der Waals surface area contributed by atoms with Crippen LogP contribution < -0.4 is 4.74 Å². The zero-order chi connectivity index (χ0) is 17.4. The Bertz CT molecular complexity index is 697. The molecular formula is C18H19NO5. The Kier molecular flexibility index (Phi) is 6.31. The number of non-ortho nitro benzene ring substituents is 1. The van der Waals surface area contributed by atoms with Gasteiger partial charge in [0.05, 0.1) is 11.5 Å². The first-order valence-corrected chi connectivity index (χ1v) is 7.69. The Balaban J connectivity index is 1.97. The van der Waals surface area contributed by atoms with E-state index in [0.717, 1.165) is 11.1 Å². The molecule has 0 bridgehead atoms. The van der Waals surface area contributed by atoms with Crippen molar-refractivity contribution < 1.29 is 19.2 Å². The summed E-state index contributed by atoms with van der Waals surface area (Å²) in [6.07, 6.45) is 0.834. The monoisotopic (exact) mass is 329 g/mol. The van der Waals surface area contributed by atoms with Gasteiger partial charge in [0.25, 0.3) is 5.69 Å². The molecule has 6 heteroatoms. The maximum Gasteiger partial charge on any atom is 0.306 e. The smallest absolute Gasteiger partial charge is 0.306 e. The van der Waals surface area contributed by atoms with Crippen molar-refractivity contribution in [2.24, 2.45) is 0 Å². The first-order chi connectivity index (χ1) is 11.6. The van der Waals surface area contributed by atoms with Crippen molar-refractivity contribution in [3.05, 3.63) is 69.8 Å². The summed E-state index contributed by atoms with van der Waals surface area (Å²) >= 11 is 0. The highest BCUT2D eigenvalue weighted by molar-refractivity contribution is 5.69. The summed E-state index contributed by atoms with van der Waals surface area (Å²) in [5.41, 5.74) is 1.81. The standard InChI is InChI=1S/C18H19NO5/c1-2-23-18(20)12-9-15-5-3-4-6-17(15)24-13-14-7-10-16(11-8-14)19(21)22/h3-8,10-11H,2,9,12-13H2,1H3. The molecule has 0 spiro atoms. The van der Waals surface area contributed by atoms with Crippen molar-refractivity contribution in [2.45, 2.75) is 26.4 Å². The highest BCUT2D eigenvalue weighted by Crippen LogP contribution is 2.21. The average Bonchev–Trinajstić information content (AvgIpc) is 2.59. The van der Waals surface area contributed by atoms with Crippen LogP contribution in [0.2, 0.25) is 0 Å². The molecule has 24 heavy (non-hydrogen) atoms. The van der Waals surface area contributed by atoms with E-state index in [0.29, 0.717) is 31.8 Å². The van der Waals surface area contributed by atoms with E-state index in [4.69, 9.17) is 9.47 Å². The molecule has 0 atom stereocenters. The molecule has 2 aromatic rings. The van der Waals surface area contributed by atoms with Crippen LogP contribution in [-0.4, -0.2) is 17.5 Å². The van der Waals surface area contributed by atoms with Crippen LogP contribution in [0.25, 0.3) is 0 Å². The third-order valence-corrected chi connectivity index (χ3v) is 3.42. The van der Waals surface area contributed by atoms with Crippen LogP contribution in [0.15, 0.2) is 48.5 Å². The van der Waals surface area contributed by atoms with Gasteiger partial charge >= 0.3 is 5.97 Å². The molecule has 126 valence electrons. The van der Waals surface area contributed by atoms with Gasteiger partial charge in [-0.2, -0.15) is 0 Å². The van der Waals surface area contributed by atoms with Crippen LogP contribution in [0.3, 0.4) is 0 Å². The summed E-state index contributed by atoms with van der Waals surface area (Å²) in [5, 5.41) is 10.6. The van der Waals surface area contributed by atoms with Gasteiger partial charge in [0, 0.05) is 18.6 Å². The van der Waals surface area contributed by atoms with Crippen LogP contribution in [0, 0.1) is 10.1 Å². The molecule has 0 aliphatic rings. The summed E-state index contributed by atoms with van der Waals surface area (Å²) < 4.78 is 10.7. The molecule has 0 fully saturated rings. The molecule has 2 rings (SSSR count). The minimum Gasteiger partial charge on any atom is -0.489 e. The molecule has 0 aliphatic carbocycles. The normalized spacial score (nSPS) is 10.2. The number of nitro groups is 1.